The molecule has 1 amide bonds. The number of hydrogen-bond donors (Lipinski definition) is 1. The van der Waals surface area contributed by atoms with E-state index in [1.165, 1.54) is 0 Å². The maximum absolute atomic E-state index is 11.6. The van der Waals surface area contributed by atoms with E-state index < -0.39 is 0 Å². The molecular formula is C13H20N2O3. The summed E-state index contributed by atoms with van der Waals surface area (Å²) in [5.41, 5.74) is 0. The molecule has 1 fully saturated rings. The molecule has 0 saturated carbocycles. The molecule has 0 atom stereocenters. The van der Waals surface area contributed by atoms with Crippen LogP contribution in [0.1, 0.15) is 12.2 Å². The van der Waals surface area contributed by atoms with Crippen LogP contribution in [0.25, 0.3) is 0 Å². The number of hydrogen-bond acceptors (Lipinski definition) is 4. The third kappa shape index (κ3) is 4.50. The number of morpholine rings is 1. The zero-order valence-corrected chi connectivity index (χ0v) is 10.6. The van der Waals surface area contributed by atoms with Gasteiger partial charge in [0.25, 0.3) is 0 Å². The highest BCUT2D eigenvalue weighted by molar-refractivity contribution is 5.77. The summed E-state index contributed by atoms with van der Waals surface area (Å²) in [6.45, 7) is 5.39. The van der Waals surface area contributed by atoms with Gasteiger partial charge < -0.3 is 14.5 Å². The van der Waals surface area contributed by atoms with Crippen LogP contribution in [-0.4, -0.2) is 50.2 Å². The van der Waals surface area contributed by atoms with Crippen LogP contribution in [0.3, 0.4) is 0 Å². The van der Waals surface area contributed by atoms with E-state index in [1.807, 2.05) is 6.07 Å². The first-order valence-corrected chi connectivity index (χ1v) is 6.44. The highest BCUT2D eigenvalue weighted by Gasteiger charge is 2.09. The van der Waals surface area contributed by atoms with Crippen molar-refractivity contribution in [2.75, 3.05) is 39.4 Å². The Bertz CT molecular complexity index is 345. The van der Waals surface area contributed by atoms with Gasteiger partial charge in [-0.3, -0.25) is 9.69 Å². The van der Waals surface area contributed by atoms with E-state index >= 15 is 0 Å². The molecule has 0 aliphatic carbocycles. The first-order valence-electron chi connectivity index (χ1n) is 6.44. The van der Waals surface area contributed by atoms with Crippen LogP contribution in [0, 0.1) is 0 Å². The minimum absolute atomic E-state index is 0.0203. The van der Waals surface area contributed by atoms with Crippen molar-refractivity contribution in [1.82, 2.24) is 10.2 Å². The molecule has 18 heavy (non-hydrogen) atoms. The SMILES string of the molecule is O=C(Cc1ccco1)NCCCN1CCOCC1. The Hall–Kier alpha value is -1.33. The van der Waals surface area contributed by atoms with Gasteiger partial charge in [-0.25, -0.2) is 0 Å². The van der Waals surface area contributed by atoms with E-state index in [2.05, 4.69) is 10.2 Å². The van der Waals surface area contributed by atoms with E-state index in [0.717, 1.165) is 45.8 Å². The average molecular weight is 252 g/mol. The lowest BCUT2D eigenvalue weighted by Crippen LogP contribution is -2.38. The van der Waals surface area contributed by atoms with Gasteiger partial charge in [-0.05, 0) is 25.1 Å². The highest BCUT2D eigenvalue weighted by atomic mass is 16.5. The molecule has 5 nitrogen and oxygen atoms in total. The normalized spacial score (nSPS) is 16.7. The van der Waals surface area contributed by atoms with Crippen LogP contribution in [0.4, 0.5) is 0 Å². The fourth-order valence-electron chi connectivity index (χ4n) is 1.99. The Labute approximate surface area is 107 Å². The number of carbonyl (C=O) groups is 1. The molecule has 100 valence electrons. The van der Waals surface area contributed by atoms with Crippen molar-refractivity contribution in [2.24, 2.45) is 0 Å². The molecule has 1 aromatic heterocycles. The van der Waals surface area contributed by atoms with E-state index in [0.29, 0.717) is 12.2 Å². The summed E-state index contributed by atoms with van der Waals surface area (Å²) in [6, 6.07) is 3.61. The number of carbonyl (C=O) groups excluding carboxylic acids is 1. The predicted molar refractivity (Wildman–Crippen MR) is 67.3 cm³/mol. The fourth-order valence-corrected chi connectivity index (χ4v) is 1.99. The minimum Gasteiger partial charge on any atom is -0.469 e. The molecule has 5 heteroatoms. The van der Waals surface area contributed by atoms with Crippen molar-refractivity contribution in [1.29, 1.82) is 0 Å². The monoisotopic (exact) mass is 252 g/mol. The van der Waals surface area contributed by atoms with Gasteiger partial charge in [0.15, 0.2) is 0 Å². The molecule has 0 aromatic carbocycles. The smallest absolute Gasteiger partial charge is 0.227 e. The molecule has 0 unspecified atom stereocenters. The van der Waals surface area contributed by atoms with Crippen LogP contribution in [0.5, 0.6) is 0 Å². The zero-order valence-electron chi connectivity index (χ0n) is 10.6. The predicted octanol–water partition coefficient (Wildman–Crippen LogP) is 0.661. The quantitative estimate of drug-likeness (QED) is 0.756. The molecule has 2 heterocycles. The summed E-state index contributed by atoms with van der Waals surface area (Å²) in [6.07, 6.45) is 2.88. The van der Waals surface area contributed by atoms with Crippen molar-refractivity contribution in [3.05, 3.63) is 24.2 Å². The largest absolute Gasteiger partial charge is 0.469 e. The average Bonchev–Trinajstić information content (AvgIpc) is 2.89. The first-order chi connectivity index (χ1) is 8.84. The maximum atomic E-state index is 11.6. The second kappa shape index (κ2) is 7.18. The number of ether oxygens (including phenoxy) is 1. The Morgan fingerprint density at radius 1 is 1.39 bits per heavy atom. The van der Waals surface area contributed by atoms with Crippen molar-refractivity contribution in [3.8, 4) is 0 Å². The van der Waals surface area contributed by atoms with Gasteiger partial charge in [0.05, 0.1) is 25.9 Å². The molecule has 1 aliphatic heterocycles. The number of nitrogens with zero attached hydrogens (tertiary/aromatic N) is 1. The van der Waals surface area contributed by atoms with Gasteiger partial charge in [-0.15, -0.1) is 0 Å². The lowest BCUT2D eigenvalue weighted by molar-refractivity contribution is -0.120. The lowest BCUT2D eigenvalue weighted by atomic mass is 10.3. The topological polar surface area (TPSA) is 54.7 Å². The highest BCUT2D eigenvalue weighted by Crippen LogP contribution is 2.01. The third-order valence-electron chi connectivity index (χ3n) is 2.99. The van der Waals surface area contributed by atoms with Crippen LogP contribution >= 0.6 is 0 Å². The summed E-state index contributed by atoms with van der Waals surface area (Å²) in [7, 11) is 0. The Morgan fingerprint density at radius 2 is 2.22 bits per heavy atom. The number of nitrogens with one attached hydrogen (secondary N) is 1. The number of rotatable bonds is 6. The standard InChI is InChI=1S/C13H20N2O3/c16-13(11-12-3-1-8-18-12)14-4-2-5-15-6-9-17-10-7-15/h1,3,8H,2,4-7,9-11H2,(H,14,16). The Morgan fingerprint density at radius 3 is 2.94 bits per heavy atom. The van der Waals surface area contributed by atoms with Gasteiger partial charge in [-0.2, -0.15) is 0 Å². The molecule has 1 saturated heterocycles. The first kappa shape index (κ1) is 13.1. The van der Waals surface area contributed by atoms with Gasteiger partial charge in [-0.1, -0.05) is 0 Å². The number of furan rings is 1. The molecular weight excluding hydrogens is 232 g/mol. The molecule has 0 bridgehead atoms. The van der Waals surface area contributed by atoms with E-state index in [9.17, 15) is 4.79 Å². The van der Waals surface area contributed by atoms with E-state index in [1.54, 1.807) is 12.3 Å². The van der Waals surface area contributed by atoms with Gasteiger partial charge in [0.2, 0.25) is 5.91 Å². The summed E-state index contributed by atoms with van der Waals surface area (Å²) in [5, 5.41) is 2.90. The second-order valence-electron chi connectivity index (χ2n) is 4.41. The van der Waals surface area contributed by atoms with Gasteiger partial charge >= 0.3 is 0 Å². The van der Waals surface area contributed by atoms with E-state index in [-0.39, 0.29) is 5.91 Å². The van der Waals surface area contributed by atoms with Crippen molar-refractivity contribution < 1.29 is 13.9 Å². The fraction of sp³-hybridized carbons (Fsp3) is 0.615. The summed E-state index contributed by atoms with van der Waals surface area (Å²) < 4.78 is 10.4. The van der Waals surface area contributed by atoms with Crippen LogP contribution in [-0.2, 0) is 16.0 Å². The summed E-state index contributed by atoms with van der Waals surface area (Å²) >= 11 is 0. The van der Waals surface area contributed by atoms with Gasteiger partial charge in [0, 0.05) is 19.6 Å². The number of amides is 1. The second-order valence-corrected chi connectivity index (χ2v) is 4.41. The third-order valence-corrected chi connectivity index (χ3v) is 2.99. The molecule has 0 radical (unpaired) electrons. The Balaban J connectivity index is 1.53. The van der Waals surface area contributed by atoms with E-state index in [4.69, 9.17) is 9.15 Å². The maximum Gasteiger partial charge on any atom is 0.227 e. The Kier molecular flexibility index (Phi) is 5.23. The van der Waals surface area contributed by atoms with Crippen LogP contribution < -0.4 is 5.32 Å². The molecule has 1 aliphatic rings. The summed E-state index contributed by atoms with van der Waals surface area (Å²) in [5.74, 6) is 0.729. The minimum atomic E-state index is 0.0203. The molecule has 1 aromatic rings. The summed E-state index contributed by atoms with van der Waals surface area (Å²) in [4.78, 5) is 13.9. The molecule has 0 spiro atoms. The van der Waals surface area contributed by atoms with Crippen LogP contribution in [0.2, 0.25) is 0 Å². The lowest BCUT2D eigenvalue weighted by Gasteiger charge is -2.26. The molecule has 1 N–H and O–H groups in total. The van der Waals surface area contributed by atoms with Gasteiger partial charge in [0.1, 0.15) is 5.76 Å². The zero-order chi connectivity index (χ0) is 12.6. The van der Waals surface area contributed by atoms with Crippen molar-refractivity contribution in [3.63, 3.8) is 0 Å². The molecule has 2 rings (SSSR count). The van der Waals surface area contributed by atoms with Crippen molar-refractivity contribution >= 4 is 5.91 Å². The van der Waals surface area contributed by atoms with Crippen molar-refractivity contribution in [2.45, 2.75) is 12.8 Å². The van der Waals surface area contributed by atoms with Crippen LogP contribution in [0.15, 0.2) is 22.8 Å².